The van der Waals surface area contributed by atoms with Crippen LogP contribution < -0.4 is 27.4 Å². The van der Waals surface area contributed by atoms with Crippen molar-refractivity contribution in [1.29, 1.82) is 0 Å². The molecule has 0 aliphatic rings. The number of carbonyl (C=O) groups excluding carboxylic acids is 4. The third-order valence-corrected chi connectivity index (χ3v) is 7.37. The van der Waals surface area contributed by atoms with Crippen LogP contribution in [0.4, 0.5) is 0 Å². The van der Waals surface area contributed by atoms with Crippen molar-refractivity contribution in [3.63, 3.8) is 0 Å². The van der Waals surface area contributed by atoms with E-state index in [4.69, 9.17) is 11.5 Å². The summed E-state index contributed by atoms with van der Waals surface area (Å²) in [5.41, 5.74) is 14.0. The first-order valence-electron chi connectivity index (χ1n) is 14.5. The summed E-state index contributed by atoms with van der Waals surface area (Å²) >= 11 is 0. The maximum Gasteiger partial charge on any atom is 0.326 e. The van der Waals surface area contributed by atoms with Crippen LogP contribution in [0.2, 0.25) is 0 Å². The molecule has 4 atom stereocenters. The number of nitrogens with one attached hydrogen (secondary N) is 5. The minimum Gasteiger partial charge on any atom is -0.508 e. The molecule has 46 heavy (non-hydrogen) atoms. The van der Waals surface area contributed by atoms with Gasteiger partial charge in [0.15, 0.2) is 0 Å². The number of amides is 4. The second-order valence-corrected chi connectivity index (χ2v) is 10.8. The highest BCUT2D eigenvalue weighted by atomic mass is 16.4. The first-order chi connectivity index (χ1) is 22.0. The van der Waals surface area contributed by atoms with Gasteiger partial charge in [0.1, 0.15) is 23.9 Å². The number of carbonyl (C=O) groups is 5. The van der Waals surface area contributed by atoms with E-state index in [1.54, 1.807) is 18.3 Å². The zero-order valence-electron chi connectivity index (χ0n) is 24.7. The standard InChI is InChI=1S/C31H36N8O7/c32-22(11-17-5-7-20(40)8-6-17)28(42)38-26(13-19-15-34-16-36-19)30(44)39-25(12-18-14-35-23-4-2-1-3-21(18)23)29(43)37-24(31(45)46)9-10-27(33)41/h1-8,14-16,22,24-26,35,40H,9-13,32H2,(H2,33,41)(H,34,36)(H,37,43)(H,38,42)(H,39,44)(H,45,46). The van der Waals surface area contributed by atoms with Gasteiger partial charge in [-0.1, -0.05) is 30.3 Å². The third-order valence-electron chi connectivity index (χ3n) is 7.37. The lowest BCUT2D eigenvalue weighted by Gasteiger charge is -2.25. The summed E-state index contributed by atoms with van der Waals surface area (Å²) in [7, 11) is 0. The summed E-state index contributed by atoms with van der Waals surface area (Å²) in [6.07, 6.45) is 4.11. The molecule has 2 aromatic heterocycles. The van der Waals surface area contributed by atoms with E-state index in [1.165, 1.54) is 24.7 Å². The molecule has 242 valence electrons. The van der Waals surface area contributed by atoms with Crippen molar-refractivity contribution in [2.45, 2.75) is 56.3 Å². The summed E-state index contributed by atoms with van der Waals surface area (Å²) in [5, 5.41) is 27.7. The van der Waals surface area contributed by atoms with Crippen LogP contribution in [0.15, 0.2) is 67.3 Å². The summed E-state index contributed by atoms with van der Waals surface area (Å²) in [6.45, 7) is 0. The molecule has 4 amide bonds. The molecule has 4 unspecified atom stereocenters. The van der Waals surface area contributed by atoms with Gasteiger partial charge in [-0.05, 0) is 42.2 Å². The topological polar surface area (TPSA) is 258 Å². The van der Waals surface area contributed by atoms with Crippen molar-refractivity contribution in [1.82, 2.24) is 30.9 Å². The Morgan fingerprint density at radius 3 is 2.13 bits per heavy atom. The van der Waals surface area contributed by atoms with Crippen LogP contribution in [0, 0.1) is 0 Å². The molecule has 0 saturated heterocycles. The fourth-order valence-electron chi connectivity index (χ4n) is 4.90. The molecule has 2 aromatic carbocycles. The Hall–Kier alpha value is -5.70. The fourth-order valence-corrected chi connectivity index (χ4v) is 4.90. The average molecular weight is 633 g/mol. The molecule has 0 spiro atoms. The number of aromatic hydroxyl groups is 1. The van der Waals surface area contributed by atoms with Crippen LogP contribution in [-0.2, 0) is 43.2 Å². The van der Waals surface area contributed by atoms with Gasteiger partial charge in [-0.25, -0.2) is 9.78 Å². The number of imidazole rings is 1. The van der Waals surface area contributed by atoms with Crippen LogP contribution in [-0.4, -0.2) is 78.9 Å². The number of benzene rings is 2. The highest BCUT2D eigenvalue weighted by Gasteiger charge is 2.31. The van der Waals surface area contributed by atoms with Gasteiger partial charge in [-0.2, -0.15) is 0 Å². The molecule has 0 saturated carbocycles. The van der Waals surface area contributed by atoms with Crippen LogP contribution in [0.3, 0.4) is 0 Å². The smallest absolute Gasteiger partial charge is 0.326 e. The zero-order valence-corrected chi connectivity index (χ0v) is 24.7. The number of carboxylic acids is 1. The van der Waals surface area contributed by atoms with Gasteiger partial charge in [0.2, 0.25) is 23.6 Å². The molecule has 4 rings (SSSR count). The average Bonchev–Trinajstić information content (AvgIpc) is 3.69. The van der Waals surface area contributed by atoms with Gasteiger partial charge in [0.05, 0.1) is 12.4 Å². The van der Waals surface area contributed by atoms with E-state index >= 15 is 0 Å². The number of phenolic OH excluding ortho intramolecular Hbond substituents is 1. The van der Waals surface area contributed by atoms with Crippen molar-refractivity contribution in [2.75, 3.05) is 0 Å². The number of primary amides is 1. The van der Waals surface area contributed by atoms with Crippen LogP contribution in [0.25, 0.3) is 10.9 Å². The molecule has 15 nitrogen and oxygen atoms in total. The second-order valence-electron chi connectivity index (χ2n) is 10.8. The number of rotatable bonds is 16. The maximum atomic E-state index is 13.8. The number of H-pyrrole nitrogens is 2. The monoisotopic (exact) mass is 632 g/mol. The summed E-state index contributed by atoms with van der Waals surface area (Å²) in [6, 6.07) is 8.53. The van der Waals surface area contributed by atoms with Crippen LogP contribution >= 0.6 is 0 Å². The van der Waals surface area contributed by atoms with Crippen LogP contribution in [0.5, 0.6) is 5.75 Å². The molecule has 4 aromatic rings. The number of phenols is 1. The third kappa shape index (κ3) is 9.15. The first-order valence-corrected chi connectivity index (χ1v) is 14.5. The van der Waals surface area contributed by atoms with Crippen molar-refractivity contribution < 1.29 is 34.2 Å². The van der Waals surface area contributed by atoms with Gasteiger partial charge in [-0.3, -0.25) is 19.2 Å². The Morgan fingerprint density at radius 1 is 0.826 bits per heavy atom. The number of aliphatic carboxylic acids is 1. The van der Waals surface area contributed by atoms with Gasteiger partial charge < -0.3 is 47.6 Å². The fraction of sp³-hybridized carbons (Fsp3) is 0.290. The molecule has 2 heterocycles. The highest BCUT2D eigenvalue weighted by molar-refractivity contribution is 5.95. The number of nitrogens with two attached hydrogens (primary N) is 2. The lowest BCUT2D eigenvalue weighted by molar-refractivity contribution is -0.142. The molecule has 0 aliphatic heterocycles. The number of nitrogens with zero attached hydrogens (tertiary/aromatic N) is 1. The minimum absolute atomic E-state index is 0.0265. The predicted molar refractivity (Wildman–Crippen MR) is 166 cm³/mol. The Balaban J connectivity index is 1.56. The lowest BCUT2D eigenvalue weighted by Crippen LogP contribution is -2.58. The number of hydrogen-bond donors (Lipinski definition) is 9. The van der Waals surface area contributed by atoms with Gasteiger partial charge in [0, 0.05) is 48.3 Å². The lowest BCUT2D eigenvalue weighted by atomic mass is 10.0. The Kier molecular flexibility index (Phi) is 11.1. The molecule has 0 fully saturated rings. The molecular weight excluding hydrogens is 596 g/mol. The van der Waals surface area contributed by atoms with E-state index in [2.05, 4.69) is 30.9 Å². The first kappa shape index (κ1) is 33.2. The van der Waals surface area contributed by atoms with Crippen molar-refractivity contribution >= 4 is 40.5 Å². The van der Waals surface area contributed by atoms with E-state index in [1.807, 2.05) is 24.3 Å². The molecule has 0 bridgehead atoms. The Labute approximate surface area is 263 Å². The normalized spacial score (nSPS) is 13.7. The summed E-state index contributed by atoms with van der Waals surface area (Å²) in [5.74, 6) is -4.23. The quantitative estimate of drug-likeness (QED) is 0.0788. The van der Waals surface area contributed by atoms with E-state index in [9.17, 15) is 34.2 Å². The summed E-state index contributed by atoms with van der Waals surface area (Å²) in [4.78, 5) is 73.5. The van der Waals surface area contributed by atoms with Crippen molar-refractivity contribution in [3.8, 4) is 5.75 Å². The number of aromatic amines is 2. The molecular formula is C31H36N8O7. The Bertz CT molecular complexity index is 1670. The van der Waals surface area contributed by atoms with E-state index < -0.39 is 53.8 Å². The molecule has 11 N–H and O–H groups in total. The SMILES string of the molecule is NC(=O)CCC(NC(=O)C(Cc1c[nH]c2ccccc12)NC(=O)C(Cc1cnc[nH]1)NC(=O)C(N)Cc1ccc(O)cc1)C(=O)O. The molecule has 15 heteroatoms. The van der Waals surface area contributed by atoms with E-state index in [0.717, 1.165) is 10.9 Å². The van der Waals surface area contributed by atoms with Gasteiger partial charge in [-0.15, -0.1) is 0 Å². The molecule has 0 radical (unpaired) electrons. The second kappa shape index (κ2) is 15.3. The molecule has 0 aliphatic carbocycles. The largest absolute Gasteiger partial charge is 0.508 e. The predicted octanol–water partition coefficient (Wildman–Crippen LogP) is -0.244. The zero-order chi connectivity index (χ0) is 33.2. The maximum absolute atomic E-state index is 13.8. The van der Waals surface area contributed by atoms with Crippen LogP contribution in [0.1, 0.15) is 29.7 Å². The summed E-state index contributed by atoms with van der Waals surface area (Å²) < 4.78 is 0. The van der Waals surface area contributed by atoms with Gasteiger partial charge >= 0.3 is 5.97 Å². The number of hydrogen-bond acceptors (Lipinski definition) is 8. The number of aromatic nitrogens is 3. The minimum atomic E-state index is -1.44. The van der Waals surface area contributed by atoms with Crippen molar-refractivity contribution in [3.05, 3.63) is 84.1 Å². The number of fused-ring (bicyclic) bond motifs is 1. The number of carboxylic acid groups (broad SMARTS) is 1. The van der Waals surface area contributed by atoms with Gasteiger partial charge in [0.25, 0.3) is 0 Å². The number of para-hydroxylation sites is 1. The van der Waals surface area contributed by atoms with E-state index in [0.29, 0.717) is 16.8 Å². The Morgan fingerprint density at radius 2 is 1.48 bits per heavy atom. The highest BCUT2D eigenvalue weighted by Crippen LogP contribution is 2.19. The van der Waals surface area contributed by atoms with Crippen molar-refractivity contribution in [2.24, 2.45) is 11.5 Å². The van der Waals surface area contributed by atoms with E-state index in [-0.39, 0.29) is 37.9 Å².